The number of aryl methyl sites for hydroxylation is 1. The van der Waals surface area contributed by atoms with Crippen molar-refractivity contribution >= 4 is 40.6 Å². The van der Waals surface area contributed by atoms with E-state index in [1.807, 2.05) is 13.0 Å². The maximum atomic E-state index is 12.8. The number of likely N-dealkylation sites (tertiary alicyclic amines) is 1. The number of rotatable bonds is 4. The lowest BCUT2D eigenvalue weighted by Crippen LogP contribution is -2.47. The van der Waals surface area contributed by atoms with E-state index in [2.05, 4.69) is 24.0 Å². The third-order valence-electron chi connectivity index (χ3n) is 6.26. The number of carbonyl (C=O) groups is 3. The Balaban J connectivity index is 1.46. The number of thioether (sulfide) groups is 1. The first kappa shape index (κ1) is 21.0. The van der Waals surface area contributed by atoms with E-state index in [1.54, 1.807) is 11.0 Å². The highest BCUT2D eigenvalue weighted by molar-refractivity contribution is 8.18. The molecule has 6 nitrogen and oxygen atoms in total. The normalized spacial score (nSPS) is 23.7. The SMILES string of the molecule is Cc1cc(/C=C2\SC(=O)N(CC(=O)N3CCCC[C@@H]3C)C2=O)ccc1N1CCCC1. The van der Waals surface area contributed by atoms with Crippen LogP contribution in [0, 0.1) is 6.92 Å². The van der Waals surface area contributed by atoms with Crippen LogP contribution in [0.5, 0.6) is 0 Å². The number of nitrogens with zero attached hydrogens (tertiary/aromatic N) is 3. The van der Waals surface area contributed by atoms with Crippen LogP contribution in [0.15, 0.2) is 23.1 Å². The summed E-state index contributed by atoms with van der Waals surface area (Å²) in [6.45, 7) is 6.81. The Labute approximate surface area is 182 Å². The number of amides is 3. The summed E-state index contributed by atoms with van der Waals surface area (Å²) < 4.78 is 0. The van der Waals surface area contributed by atoms with Crippen molar-refractivity contribution in [2.45, 2.75) is 52.0 Å². The van der Waals surface area contributed by atoms with Crippen molar-refractivity contribution in [3.63, 3.8) is 0 Å². The van der Waals surface area contributed by atoms with Gasteiger partial charge in [0.15, 0.2) is 0 Å². The average molecular weight is 428 g/mol. The fourth-order valence-corrected chi connectivity index (χ4v) is 5.40. The van der Waals surface area contributed by atoms with Crippen molar-refractivity contribution in [3.8, 4) is 0 Å². The Bertz CT molecular complexity index is 892. The van der Waals surface area contributed by atoms with Crippen LogP contribution in [0.4, 0.5) is 10.5 Å². The summed E-state index contributed by atoms with van der Waals surface area (Å²) in [4.78, 5) is 43.6. The van der Waals surface area contributed by atoms with E-state index in [4.69, 9.17) is 0 Å². The third kappa shape index (κ3) is 4.26. The first-order chi connectivity index (χ1) is 14.4. The number of carbonyl (C=O) groups excluding carboxylic acids is 3. The number of imide groups is 1. The van der Waals surface area contributed by atoms with Gasteiger partial charge in [-0.2, -0.15) is 0 Å². The second kappa shape index (κ2) is 8.84. The van der Waals surface area contributed by atoms with Crippen LogP contribution >= 0.6 is 11.8 Å². The maximum absolute atomic E-state index is 12.8. The zero-order valence-corrected chi connectivity index (χ0v) is 18.5. The molecule has 3 aliphatic rings. The largest absolute Gasteiger partial charge is 0.371 e. The number of piperidine rings is 1. The van der Waals surface area contributed by atoms with Crippen LogP contribution in [-0.4, -0.2) is 59.1 Å². The van der Waals surface area contributed by atoms with Gasteiger partial charge in [0, 0.05) is 31.4 Å². The first-order valence-electron chi connectivity index (χ1n) is 10.8. The molecule has 3 saturated heterocycles. The van der Waals surface area contributed by atoms with Crippen molar-refractivity contribution in [2.75, 3.05) is 31.1 Å². The number of hydrogen-bond donors (Lipinski definition) is 0. The molecule has 0 saturated carbocycles. The van der Waals surface area contributed by atoms with Gasteiger partial charge in [0.05, 0.1) is 4.91 Å². The fraction of sp³-hybridized carbons (Fsp3) is 0.522. The van der Waals surface area contributed by atoms with Crippen LogP contribution in [-0.2, 0) is 9.59 Å². The van der Waals surface area contributed by atoms with Crippen molar-refractivity contribution in [3.05, 3.63) is 34.2 Å². The molecule has 0 spiro atoms. The second-order valence-corrected chi connectivity index (χ2v) is 9.43. The highest BCUT2D eigenvalue weighted by Gasteiger charge is 2.38. The van der Waals surface area contributed by atoms with Gasteiger partial charge in [-0.3, -0.25) is 19.3 Å². The van der Waals surface area contributed by atoms with E-state index in [1.165, 1.54) is 24.1 Å². The molecule has 4 rings (SSSR count). The van der Waals surface area contributed by atoms with Crippen LogP contribution in [0.3, 0.4) is 0 Å². The summed E-state index contributed by atoms with van der Waals surface area (Å²) in [6, 6.07) is 6.31. The van der Waals surface area contributed by atoms with Crippen LogP contribution in [0.25, 0.3) is 6.08 Å². The molecule has 0 bridgehead atoms. The van der Waals surface area contributed by atoms with Crippen molar-refractivity contribution in [1.29, 1.82) is 0 Å². The Morgan fingerprint density at radius 1 is 1.13 bits per heavy atom. The van der Waals surface area contributed by atoms with Crippen molar-refractivity contribution < 1.29 is 14.4 Å². The predicted molar refractivity (Wildman–Crippen MR) is 120 cm³/mol. The van der Waals surface area contributed by atoms with Gasteiger partial charge in [-0.15, -0.1) is 0 Å². The van der Waals surface area contributed by atoms with Gasteiger partial charge < -0.3 is 9.80 Å². The smallest absolute Gasteiger partial charge is 0.294 e. The van der Waals surface area contributed by atoms with E-state index in [0.29, 0.717) is 11.4 Å². The molecule has 3 heterocycles. The molecule has 0 aromatic heterocycles. The molecular weight excluding hydrogens is 398 g/mol. The quantitative estimate of drug-likeness (QED) is 0.679. The standard InChI is InChI=1S/C23H29N3O3S/c1-16-13-18(8-9-19(16)24-10-5-6-11-24)14-20-22(28)26(23(29)30-20)15-21(27)25-12-4-3-7-17(25)2/h8-9,13-14,17H,3-7,10-12,15H2,1-2H3/b20-14-/t17-/m0/s1. The average Bonchev–Trinajstić information content (AvgIpc) is 3.33. The lowest BCUT2D eigenvalue weighted by atomic mass is 10.0. The van der Waals surface area contributed by atoms with E-state index in [9.17, 15) is 14.4 Å². The Kier molecular flexibility index (Phi) is 6.18. The minimum Gasteiger partial charge on any atom is -0.371 e. The number of anilines is 1. The van der Waals surface area contributed by atoms with Crippen molar-refractivity contribution in [1.82, 2.24) is 9.80 Å². The summed E-state index contributed by atoms with van der Waals surface area (Å²) in [5, 5.41) is -0.366. The molecule has 160 valence electrons. The lowest BCUT2D eigenvalue weighted by molar-refractivity contribution is -0.138. The Hall–Kier alpha value is -2.28. The minimum atomic E-state index is -0.371. The number of benzene rings is 1. The van der Waals surface area contributed by atoms with Crippen LogP contribution in [0.1, 0.15) is 50.2 Å². The molecule has 0 aliphatic carbocycles. The molecule has 3 amide bonds. The number of hydrogen-bond acceptors (Lipinski definition) is 5. The zero-order chi connectivity index (χ0) is 21.3. The Morgan fingerprint density at radius 2 is 1.87 bits per heavy atom. The molecule has 1 aromatic carbocycles. The summed E-state index contributed by atoms with van der Waals surface area (Å²) >= 11 is 0.919. The molecule has 1 atom stereocenters. The molecule has 7 heteroatoms. The molecule has 30 heavy (non-hydrogen) atoms. The highest BCUT2D eigenvalue weighted by Crippen LogP contribution is 2.33. The highest BCUT2D eigenvalue weighted by atomic mass is 32.2. The zero-order valence-electron chi connectivity index (χ0n) is 17.7. The first-order valence-corrected chi connectivity index (χ1v) is 11.7. The van der Waals surface area contributed by atoms with Gasteiger partial charge >= 0.3 is 0 Å². The molecule has 0 N–H and O–H groups in total. The topological polar surface area (TPSA) is 60.9 Å². The van der Waals surface area contributed by atoms with Crippen LogP contribution < -0.4 is 4.90 Å². The molecule has 0 unspecified atom stereocenters. The van der Waals surface area contributed by atoms with Gasteiger partial charge in [0.1, 0.15) is 6.54 Å². The van der Waals surface area contributed by atoms with E-state index >= 15 is 0 Å². The van der Waals surface area contributed by atoms with E-state index in [-0.39, 0.29) is 29.6 Å². The van der Waals surface area contributed by atoms with Gasteiger partial charge in [0.2, 0.25) is 5.91 Å². The minimum absolute atomic E-state index is 0.142. The molecule has 1 aromatic rings. The van der Waals surface area contributed by atoms with E-state index in [0.717, 1.165) is 54.6 Å². The molecule has 0 radical (unpaired) electrons. The van der Waals surface area contributed by atoms with Gasteiger partial charge in [0.25, 0.3) is 11.1 Å². The summed E-state index contributed by atoms with van der Waals surface area (Å²) in [7, 11) is 0. The third-order valence-corrected chi connectivity index (χ3v) is 7.16. The van der Waals surface area contributed by atoms with Crippen molar-refractivity contribution in [2.24, 2.45) is 0 Å². The van der Waals surface area contributed by atoms with Gasteiger partial charge in [-0.1, -0.05) is 6.07 Å². The van der Waals surface area contributed by atoms with Gasteiger partial charge in [-0.05, 0) is 87.0 Å². The monoisotopic (exact) mass is 427 g/mol. The maximum Gasteiger partial charge on any atom is 0.294 e. The molecule has 3 fully saturated rings. The van der Waals surface area contributed by atoms with E-state index < -0.39 is 0 Å². The van der Waals surface area contributed by atoms with Gasteiger partial charge in [-0.25, -0.2) is 0 Å². The lowest BCUT2D eigenvalue weighted by Gasteiger charge is -2.34. The summed E-state index contributed by atoms with van der Waals surface area (Å²) in [5.41, 5.74) is 3.30. The second-order valence-electron chi connectivity index (χ2n) is 8.44. The molecule has 3 aliphatic heterocycles. The Morgan fingerprint density at radius 3 is 2.57 bits per heavy atom. The molecular formula is C23H29N3O3S. The summed E-state index contributed by atoms with van der Waals surface area (Å²) in [5.74, 6) is -0.513. The van der Waals surface area contributed by atoms with Crippen LogP contribution in [0.2, 0.25) is 0 Å². The summed E-state index contributed by atoms with van der Waals surface area (Å²) in [6.07, 6.45) is 7.28. The predicted octanol–water partition coefficient (Wildman–Crippen LogP) is 4.03. The fourth-order valence-electron chi connectivity index (χ4n) is 4.56.